The Kier molecular flexibility index (Phi) is 8.42. The van der Waals surface area contributed by atoms with Crippen LogP contribution in [0.4, 0.5) is 0 Å². The highest BCUT2D eigenvalue weighted by Gasteiger charge is 2.17. The monoisotopic (exact) mass is 473 g/mol. The number of hydrogen-bond acceptors (Lipinski definition) is 4. The maximum Gasteiger partial charge on any atom is 0.306 e. The molecular weight excluding hydrogens is 442 g/mol. The van der Waals surface area contributed by atoms with E-state index in [1.54, 1.807) is 0 Å². The quantitative estimate of drug-likeness (QED) is 0.430. The van der Waals surface area contributed by atoms with Gasteiger partial charge in [-0.2, -0.15) is 0 Å². The summed E-state index contributed by atoms with van der Waals surface area (Å²) in [5, 5.41) is 3.08. The summed E-state index contributed by atoms with van der Waals surface area (Å²) in [6, 6.07) is 23.1. The molecule has 1 heterocycles. The van der Waals surface area contributed by atoms with Gasteiger partial charge in [0.15, 0.2) is 0 Å². The van der Waals surface area contributed by atoms with Gasteiger partial charge in [-0.25, -0.2) is 0 Å². The standard InChI is InChI=1S/C29H31NO3S/c1-2-33-29(32)15-14-21-10-12-22(13-11-21)16-17-30-28(31)19-24-8-5-9-27-26(24)18-23-6-3-4-7-25(23)20-34-27/h3-13H,2,14-20H2,1H3,(H,30,31). The third-order valence-corrected chi connectivity index (χ3v) is 7.28. The maximum absolute atomic E-state index is 12.7. The van der Waals surface area contributed by atoms with Crippen LogP contribution in [0.1, 0.15) is 46.7 Å². The number of amides is 1. The lowest BCUT2D eigenvalue weighted by molar-refractivity contribution is -0.143. The van der Waals surface area contributed by atoms with E-state index in [1.165, 1.54) is 27.1 Å². The van der Waals surface area contributed by atoms with E-state index in [-0.39, 0.29) is 11.9 Å². The summed E-state index contributed by atoms with van der Waals surface area (Å²) in [5.41, 5.74) is 7.42. The number of carbonyl (C=O) groups excluding carboxylic acids is 2. The Balaban J connectivity index is 1.28. The molecule has 34 heavy (non-hydrogen) atoms. The van der Waals surface area contributed by atoms with Crippen LogP contribution in [0.5, 0.6) is 0 Å². The molecule has 0 saturated heterocycles. The Morgan fingerprint density at radius 1 is 0.912 bits per heavy atom. The Morgan fingerprint density at radius 3 is 2.41 bits per heavy atom. The molecule has 0 bridgehead atoms. The van der Waals surface area contributed by atoms with Crippen molar-refractivity contribution >= 4 is 23.6 Å². The number of esters is 1. The summed E-state index contributed by atoms with van der Waals surface area (Å²) < 4.78 is 4.98. The second-order valence-corrected chi connectivity index (χ2v) is 9.54. The summed E-state index contributed by atoms with van der Waals surface area (Å²) in [5.74, 6) is 0.870. The van der Waals surface area contributed by atoms with Crippen LogP contribution in [-0.2, 0) is 45.8 Å². The number of hydrogen-bond donors (Lipinski definition) is 1. The molecule has 0 atom stereocenters. The molecule has 0 unspecified atom stereocenters. The molecule has 0 radical (unpaired) electrons. The zero-order valence-electron chi connectivity index (χ0n) is 19.6. The van der Waals surface area contributed by atoms with Crippen LogP contribution in [0, 0.1) is 0 Å². The lowest BCUT2D eigenvalue weighted by atomic mass is 9.95. The average Bonchev–Trinajstić information content (AvgIpc) is 3.04. The van der Waals surface area contributed by atoms with E-state index < -0.39 is 0 Å². The number of ether oxygens (including phenoxy) is 1. The van der Waals surface area contributed by atoms with Gasteiger partial charge in [-0.3, -0.25) is 9.59 Å². The summed E-state index contributed by atoms with van der Waals surface area (Å²) >= 11 is 1.86. The Bertz CT molecular complexity index is 1140. The Labute approximate surface area is 206 Å². The second kappa shape index (κ2) is 11.9. The molecule has 3 aromatic carbocycles. The van der Waals surface area contributed by atoms with Gasteiger partial charge >= 0.3 is 5.97 Å². The highest BCUT2D eigenvalue weighted by Crippen LogP contribution is 2.35. The minimum Gasteiger partial charge on any atom is -0.466 e. The number of aryl methyl sites for hydroxylation is 1. The van der Waals surface area contributed by atoms with E-state index in [0.717, 1.165) is 29.7 Å². The molecule has 3 aromatic rings. The van der Waals surface area contributed by atoms with E-state index in [9.17, 15) is 9.59 Å². The van der Waals surface area contributed by atoms with E-state index in [0.29, 0.717) is 32.4 Å². The molecule has 0 spiro atoms. The van der Waals surface area contributed by atoms with Crippen molar-refractivity contribution in [1.82, 2.24) is 5.32 Å². The number of rotatable bonds is 9. The van der Waals surface area contributed by atoms with Crippen LogP contribution in [-0.4, -0.2) is 25.0 Å². The lowest BCUT2D eigenvalue weighted by Crippen LogP contribution is -2.27. The van der Waals surface area contributed by atoms with E-state index in [4.69, 9.17) is 4.74 Å². The fourth-order valence-corrected chi connectivity index (χ4v) is 5.41. The molecule has 0 aliphatic carbocycles. The number of benzene rings is 3. The van der Waals surface area contributed by atoms with Crippen molar-refractivity contribution in [2.75, 3.05) is 13.2 Å². The lowest BCUT2D eigenvalue weighted by Gasteiger charge is -2.13. The molecule has 4 nitrogen and oxygen atoms in total. The van der Waals surface area contributed by atoms with Crippen molar-refractivity contribution < 1.29 is 14.3 Å². The first kappa shape index (κ1) is 24.1. The van der Waals surface area contributed by atoms with Crippen LogP contribution in [0.3, 0.4) is 0 Å². The third kappa shape index (κ3) is 6.51. The van der Waals surface area contributed by atoms with Crippen LogP contribution in [0.2, 0.25) is 0 Å². The fourth-order valence-electron chi connectivity index (χ4n) is 4.26. The van der Waals surface area contributed by atoms with Gasteiger partial charge < -0.3 is 10.1 Å². The zero-order chi connectivity index (χ0) is 23.8. The molecule has 0 saturated carbocycles. The molecule has 1 aliphatic rings. The van der Waals surface area contributed by atoms with Crippen molar-refractivity contribution in [2.45, 2.75) is 49.7 Å². The molecule has 1 amide bonds. The van der Waals surface area contributed by atoms with Gasteiger partial charge in [0, 0.05) is 23.6 Å². The minimum absolute atomic E-state index is 0.0574. The minimum atomic E-state index is -0.160. The molecule has 1 N–H and O–H groups in total. The van der Waals surface area contributed by atoms with Crippen molar-refractivity contribution in [1.29, 1.82) is 0 Å². The maximum atomic E-state index is 12.7. The Morgan fingerprint density at radius 2 is 1.65 bits per heavy atom. The van der Waals surface area contributed by atoms with Gasteiger partial charge in [-0.15, -0.1) is 11.8 Å². The normalized spacial score (nSPS) is 12.3. The average molecular weight is 474 g/mol. The number of nitrogens with one attached hydrogen (secondary N) is 1. The predicted octanol–water partition coefficient (Wildman–Crippen LogP) is 5.28. The molecular formula is C29H31NO3S. The number of carbonyl (C=O) groups is 2. The molecule has 5 heteroatoms. The number of thioether (sulfide) groups is 1. The zero-order valence-corrected chi connectivity index (χ0v) is 20.5. The smallest absolute Gasteiger partial charge is 0.306 e. The van der Waals surface area contributed by atoms with Gasteiger partial charge in [-0.1, -0.05) is 60.7 Å². The van der Waals surface area contributed by atoms with Gasteiger partial charge in [0.25, 0.3) is 0 Å². The highest BCUT2D eigenvalue weighted by molar-refractivity contribution is 7.98. The van der Waals surface area contributed by atoms with Crippen molar-refractivity contribution in [3.8, 4) is 0 Å². The highest BCUT2D eigenvalue weighted by atomic mass is 32.2. The van der Waals surface area contributed by atoms with Crippen LogP contribution in [0.15, 0.2) is 71.6 Å². The third-order valence-electron chi connectivity index (χ3n) is 6.13. The summed E-state index contributed by atoms with van der Waals surface area (Å²) in [4.78, 5) is 25.5. The predicted molar refractivity (Wildman–Crippen MR) is 137 cm³/mol. The van der Waals surface area contributed by atoms with Gasteiger partial charge in [0.2, 0.25) is 5.91 Å². The molecule has 0 aromatic heterocycles. The number of fused-ring (bicyclic) bond motifs is 2. The fraction of sp³-hybridized carbons (Fsp3) is 0.310. The summed E-state index contributed by atoms with van der Waals surface area (Å²) in [7, 11) is 0. The first-order valence-electron chi connectivity index (χ1n) is 11.9. The van der Waals surface area contributed by atoms with Crippen molar-refractivity contribution in [2.24, 2.45) is 0 Å². The molecule has 176 valence electrons. The van der Waals surface area contributed by atoms with Gasteiger partial charge in [0.1, 0.15) is 0 Å². The van der Waals surface area contributed by atoms with Gasteiger partial charge in [0.05, 0.1) is 13.0 Å². The van der Waals surface area contributed by atoms with Crippen LogP contribution >= 0.6 is 11.8 Å². The van der Waals surface area contributed by atoms with Crippen LogP contribution < -0.4 is 5.32 Å². The first-order valence-corrected chi connectivity index (χ1v) is 12.9. The summed E-state index contributed by atoms with van der Waals surface area (Å²) in [6.45, 7) is 2.84. The topological polar surface area (TPSA) is 55.4 Å². The largest absolute Gasteiger partial charge is 0.466 e. The second-order valence-electron chi connectivity index (χ2n) is 8.53. The SMILES string of the molecule is CCOC(=O)CCc1ccc(CCNC(=O)Cc2cccc3c2Cc2ccccc2CS3)cc1. The first-order chi connectivity index (χ1) is 16.6. The van der Waals surface area contributed by atoms with Crippen LogP contribution in [0.25, 0.3) is 0 Å². The van der Waals surface area contributed by atoms with E-state index in [1.807, 2.05) is 30.8 Å². The molecule has 0 fully saturated rings. The van der Waals surface area contributed by atoms with Crippen molar-refractivity contribution in [3.05, 3.63) is 100 Å². The molecule has 1 aliphatic heterocycles. The van der Waals surface area contributed by atoms with E-state index in [2.05, 4.69) is 59.9 Å². The Hall–Kier alpha value is -3.05. The molecule has 4 rings (SSSR count). The van der Waals surface area contributed by atoms with E-state index >= 15 is 0 Å². The van der Waals surface area contributed by atoms with Gasteiger partial charge in [-0.05, 0) is 65.6 Å². The summed E-state index contributed by atoms with van der Waals surface area (Å²) in [6.07, 6.45) is 3.14. The van der Waals surface area contributed by atoms with Crippen molar-refractivity contribution in [3.63, 3.8) is 0 Å².